The van der Waals surface area contributed by atoms with Crippen molar-refractivity contribution in [1.29, 1.82) is 0 Å². The molecule has 0 bridgehead atoms. The van der Waals surface area contributed by atoms with E-state index in [0.717, 1.165) is 38.6 Å². The third-order valence-electron chi connectivity index (χ3n) is 5.75. The van der Waals surface area contributed by atoms with Crippen molar-refractivity contribution in [3.8, 4) is 22.4 Å². The number of rotatable bonds is 2. The number of hydrogen-bond donors (Lipinski definition) is 0. The number of fused-ring (bicyclic) bond motifs is 4. The van der Waals surface area contributed by atoms with E-state index in [2.05, 4.69) is 77.8 Å². The van der Waals surface area contributed by atoms with Crippen LogP contribution in [0.1, 0.15) is 0 Å². The van der Waals surface area contributed by atoms with E-state index < -0.39 is 0 Å². The summed E-state index contributed by atoms with van der Waals surface area (Å²) >= 11 is 6.27. The Hall–Kier alpha value is -3.75. The molecule has 4 aromatic carbocycles. The minimum Gasteiger partial charge on any atom is -0.245 e. The molecule has 0 amide bonds. The lowest BCUT2D eigenvalue weighted by atomic mass is 9.93. The zero-order valence-corrected chi connectivity index (χ0v) is 17.3. The van der Waals surface area contributed by atoms with Gasteiger partial charge in [0, 0.05) is 16.3 Å². The Balaban J connectivity index is 1.78. The molecule has 0 atom stereocenters. The predicted molar refractivity (Wildman–Crippen MR) is 130 cm³/mol. The lowest BCUT2D eigenvalue weighted by Crippen LogP contribution is -1.93. The van der Waals surface area contributed by atoms with Crippen LogP contribution in [0.3, 0.4) is 0 Å². The van der Waals surface area contributed by atoms with Gasteiger partial charge in [0.1, 0.15) is 5.15 Å². The Morgan fingerprint density at radius 3 is 2.19 bits per heavy atom. The quantitative estimate of drug-likeness (QED) is 0.211. The van der Waals surface area contributed by atoms with Gasteiger partial charge < -0.3 is 0 Å². The zero-order chi connectivity index (χ0) is 20.8. The lowest BCUT2D eigenvalue weighted by molar-refractivity contribution is 1.37. The van der Waals surface area contributed by atoms with Crippen LogP contribution in [0, 0.1) is 0 Å². The molecule has 0 aliphatic carbocycles. The van der Waals surface area contributed by atoms with Crippen LogP contribution in [0.2, 0.25) is 5.15 Å². The largest absolute Gasteiger partial charge is 0.245 e. The molecule has 6 aromatic rings. The van der Waals surface area contributed by atoms with Crippen molar-refractivity contribution in [2.75, 3.05) is 0 Å². The minimum absolute atomic E-state index is 0.471. The molecule has 0 N–H and O–H groups in total. The van der Waals surface area contributed by atoms with Crippen LogP contribution in [-0.2, 0) is 0 Å². The topological polar surface area (TPSA) is 25.8 Å². The van der Waals surface area contributed by atoms with E-state index in [4.69, 9.17) is 16.6 Å². The fraction of sp³-hybridized carbons (Fsp3) is 0. The first-order valence-corrected chi connectivity index (χ1v) is 10.6. The number of hydrogen-bond acceptors (Lipinski definition) is 2. The van der Waals surface area contributed by atoms with Crippen molar-refractivity contribution in [2.45, 2.75) is 0 Å². The summed E-state index contributed by atoms with van der Waals surface area (Å²) in [4.78, 5) is 9.70. The minimum atomic E-state index is 0.471. The molecule has 0 radical (unpaired) electrons. The molecule has 146 valence electrons. The molecular formula is C28H17ClN2. The van der Waals surface area contributed by atoms with Crippen molar-refractivity contribution in [3.05, 3.63) is 108 Å². The normalized spacial score (nSPS) is 11.4. The molecule has 3 heteroatoms. The van der Waals surface area contributed by atoms with E-state index in [-0.39, 0.29) is 0 Å². The monoisotopic (exact) mass is 416 g/mol. The van der Waals surface area contributed by atoms with Crippen LogP contribution in [0.4, 0.5) is 0 Å². The summed E-state index contributed by atoms with van der Waals surface area (Å²) in [5.41, 5.74) is 6.01. The van der Waals surface area contributed by atoms with E-state index in [1.54, 1.807) is 0 Å². The van der Waals surface area contributed by atoms with Gasteiger partial charge in [-0.05, 0) is 40.1 Å². The van der Waals surface area contributed by atoms with Gasteiger partial charge in [-0.1, -0.05) is 96.5 Å². The maximum Gasteiger partial charge on any atom is 0.129 e. The van der Waals surface area contributed by atoms with E-state index in [9.17, 15) is 0 Å². The Bertz CT molecular complexity index is 1580. The molecule has 0 spiro atoms. The van der Waals surface area contributed by atoms with Crippen molar-refractivity contribution < 1.29 is 0 Å². The average molecular weight is 417 g/mol. The standard InChI is InChI=1S/C28H17ClN2/c29-26-16-14-20-13-15-23-24(22-12-6-10-18-7-4-5-11-21(18)22)17-25(19-8-2-1-3-9-19)30-28(23)27(20)31-26/h1-17H. The van der Waals surface area contributed by atoms with Crippen LogP contribution in [0.5, 0.6) is 0 Å². The van der Waals surface area contributed by atoms with E-state index in [1.807, 2.05) is 30.3 Å². The van der Waals surface area contributed by atoms with Crippen LogP contribution in [0.25, 0.3) is 55.0 Å². The summed E-state index contributed by atoms with van der Waals surface area (Å²) < 4.78 is 0. The van der Waals surface area contributed by atoms with Crippen LogP contribution in [-0.4, -0.2) is 9.97 Å². The van der Waals surface area contributed by atoms with Gasteiger partial charge in [-0.25, -0.2) is 9.97 Å². The number of nitrogens with zero attached hydrogens (tertiary/aromatic N) is 2. The summed E-state index contributed by atoms with van der Waals surface area (Å²) in [6, 6.07) is 35.5. The maximum absolute atomic E-state index is 6.27. The summed E-state index contributed by atoms with van der Waals surface area (Å²) in [6.45, 7) is 0. The zero-order valence-electron chi connectivity index (χ0n) is 16.6. The van der Waals surface area contributed by atoms with Crippen molar-refractivity contribution in [2.24, 2.45) is 0 Å². The van der Waals surface area contributed by atoms with Crippen molar-refractivity contribution in [3.63, 3.8) is 0 Å². The fourth-order valence-corrected chi connectivity index (χ4v) is 4.43. The van der Waals surface area contributed by atoms with Gasteiger partial charge in [-0.3, -0.25) is 0 Å². The molecular weight excluding hydrogens is 400 g/mol. The van der Waals surface area contributed by atoms with Gasteiger partial charge >= 0.3 is 0 Å². The van der Waals surface area contributed by atoms with Crippen LogP contribution < -0.4 is 0 Å². The summed E-state index contributed by atoms with van der Waals surface area (Å²) in [5, 5.41) is 5.00. The molecule has 31 heavy (non-hydrogen) atoms. The Morgan fingerprint density at radius 2 is 1.29 bits per heavy atom. The highest BCUT2D eigenvalue weighted by molar-refractivity contribution is 6.30. The second kappa shape index (κ2) is 7.19. The molecule has 2 heterocycles. The highest BCUT2D eigenvalue weighted by Gasteiger charge is 2.14. The first-order chi connectivity index (χ1) is 15.3. The van der Waals surface area contributed by atoms with Gasteiger partial charge in [-0.15, -0.1) is 0 Å². The molecule has 2 nitrogen and oxygen atoms in total. The molecule has 0 saturated heterocycles. The van der Waals surface area contributed by atoms with Crippen molar-refractivity contribution >= 4 is 44.2 Å². The Kier molecular flexibility index (Phi) is 4.19. The highest BCUT2D eigenvalue weighted by Crippen LogP contribution is 2.38. The molecule has 0 saturated carbocycles. The number of aromatic nitrogens is 2. The average Bonchev–Trinajstić information content (AvgIpc) is 2.83. The third-order valence-corrected chi connectivity index (χ3v) is 5.96. The summed E-state index contributed by atoms with van der Waals surface area (Å²) in [7, 11) is 0. The summed E-state index contributed by atoms with van der Waals surface area (Å²) in [6.07, 6.45) is 0. The molecule has 2 aromatic heterocycles. The van der Waals surface area contributed by atoms with Crippen molar-refractivity contribution in [1.82, 2.24) is 9.97 Å². The second-order valence-corrected chi connectivity index (χ2v) is 8.00. The van der Waals surface area contributed by atoms with E-state index >= 15 is 0 Å². The first kappa shape index (κ1) is 18.1. The SMILES string of the molecule is Clc1ccc2ccc3c(-c4cccc5ccccc45)cc(-c4ccccc4)nc3c2n1. The Morgan fingerprint density at radius 1 is 0.516 bits per heavy atom. The Labute approximate surface area is 184 Å². The lowest BCUT2D eigenvalue weighted by Gasteiger charge is -2.14. The molecule has 0 aliphatic heterocycles. The molecule has 6 rings (SSSR count). The van der Waals surface area contributed by atoms with Crippen LogP contribution >= 0.6 is 11.6 Å². The number of halogens is 1. The highest BCUT2D eigenvalue weighted by atomic mass is 35.5. The molecule has 0 unspecified atom stereocenters. The summed E-state index contributed by atoms with van der Waals surface area (Å²) in [5.74, 6) is 0. The van der Waals surface area contributed by atoms with Crippen LogP contribution in [0.15, 0.2) is 103 Å². The predicted octanol–water partition coefficient (Wildman–Crippen LogP) is 7.92. The van der Waals surface area contributed by atoms with Gasteiger partial charge in [0.15, 0.2) is 0 Å². The van der Waals surface area contributed by atoms with Gasteiger partial charge in [0.25, 0.3) is 0 Å². The number of benzene rings is 4. The fourth-order valence-electron chi connectivity index (χ4n) is 4.29. The third kappa shape index (κ3) is 3.04. The molecule has 0 fully saturated rings. The maximum atomic E-state index is 6.27. The van der Waals surface area contributed by atoms with E-state index in [0.29, 0.717) is 5.15 Å². The van der Waals surface area contributed by atoms with Gasteiger partial charge in [0.2, 0.25) is 0 Å². The number of pyridine rings is 2. The second-order valence-electron chi connectivity index (χ2n) is 7.62. The molecule has 0 aliphatic rings. The first-order valence-electron chi connectivity index (χ1n) is 10.2. The van der Waals surface area contributed by atoms with Gasteiger partial charge in [-0.2, -0.15) is 0 Å². The smallest absolute Gasteiger partial charge is 0.129 e. The van der Waals surface area contributed by atoms with Gasteiger partial charge in [0.05, 0.1) is 16.7 Å². The van der Waals surface area contributed by atoms with E-state index in [1.165, 1.54) is 16.3 Å².